The number of carbonyl (C=O) groups is 1. The molecule has 2 heterocycles. The van der Waals surface area contributed by atoms with E-state index in [1.54, 1.807) is 35.4 Å². The first-order valence-electron chi connectivity index (χ1n) is 12.1. The summed E-state index contributed by atoms with van der Waals surface area (Å²) in [6.07, 6.45) is 4.95. The van der Waals surface area contributed by atoms with E-state index in [0.717, 1.165) is 24.8 Å². The molecule has 1 N–H and O–H groups in total. The third-order valence-electron chi connectivity index (χ3n) is 6.24. The molecule has 0 radical (unpaired) electrons. The van der Waals surface area contributed by atoms with Crippen LogP contribution < -0.4 is 9.62 Å². The number of aryl methyl sites for hydroxylation is 2. The Bertz CT molecular complexity index is 1320. The first kappa shape index (κ1) is 26.0. The Morgan fingerprint density at radius 2 is 1.78 bits per heavy atom. The number of amides is 1. The quantitative estimate of drug-likeness (QED) is 0.439. The summed E-state index contributed by atoms with van der Waals surface area (Å²) < 4.78 is 28.6. The molecule has 0 bridgehead atoms. The fourth-order valence-electron chi connectivity index (χ4n) is 4.19. The lowest BCUT2D eigenvalue weighted by Gasteiger charge is -2.35. The van der Waals surface area contributed by atoms with Crippen molar-refractivity contribution >= 4 is 39.0 Å². The second-order valence-electron chi connectivity index (χ2n) is 9.03. The van der Waals surface area contributed by atoms with E-state index in [2.05, 4.69) is 21.5 Å². The molecule has 4 rings (SSSR count). The zero-order chi connectivity index (χ0) is 25.7. The third kappa shape index (κ3) is 6.17. The number of pyridine rings is 1. The molecule has 1 aliphatic rings. The van der Waals surface area contributed by atoms with Crippen LogP contribution in [-0.4, -0.2) is 50.4 Å². The largest absolute Gasteiger partial charge is 0.352 e. The van der Waals surface area contributed by atoms with E-state index in [4.69, 9.17) is 11.6 Å². The van der Waals surface area contributed by atoms with Gasteiger partial charge in [0.1, 0.15) is 5.82 Å². The van der Waals surface area contributed by atoms with Crippen LogP contribution in [0.25, 0.3) is 0 Å². The second-order valence-corrected chi connectivity index (χ2v) is 11.1. The van der Waals surface area contributed by atoms with Crippen molar-refractivity contribution in [1.82, 2.24) is 9.88 Å². The van der Waals surface area contributed by atoms with E-state index < -0.39 is 10.0 Å². The number of halogens is 1. The van der Waals surface area contributed by atoms with Crippen molar-refractivity contribution in [3.63, 3.8) is 0 Å². The zero-order valence-electron chi connectivity index (χ0n) is 20.6. The molecule has 190 valence electrons. The number of hydrogen-bond acceptors (Lipinski definition) is 5. The van der Waals surface area contributed by atoms with Gasteiger partial charge in [-0.3, -0.25) is 9.52 Å². The maximum atomic E-state index is 13.2. The van der Waals surface area contributed by atoms with Crippen molar-refractivity contribution in [1.29, 1.82) is 0 Å². The molecule has 1 amide bonds. The Morgan fingerprint density at radius 1 is 1.06 bits per heavy atom. The predicted molar refractivity (Wildman–Crippen MR) is 144 cm³/mol. The van der Waals surface area contributed by atoms with Gasteiger partial charge >= 0.3 is 0 Å². The lowest BCUT2D eigenvalue weighted by molar-refractivity contribution is 0.0746. The number of sulfonamides is 1. The summed E-state index contributed by atoms with van der Waals surface area (Å²) >= 11 is 6.36. The van der Waals surface area contributed by atoms with Crippen molar-refractivity contribution in [2.75, 3.05) is 35.8 Å². The highest BCUT2D eigenvalue weighted by atomic mass is 35.5. The van der Waals surface area contributed by atoms with Crippen LogP contribution >= 0.6 is 11.6 Å². The highest BCUT2D eigenvalue weighted by Gasteiger charge is 2.25. The van der Waals surface area contributed by atoms with Gasteiger partial charge in [0.05, 0.1) is 9.92 Å². The smallest absolute Gasteiger partial charge is 0.261 e. The number of rotatable bonds is 8. The molecule has 1 fully saturated rings. The van der Waals surface area contributed by atoms with Crippen molar-refractivity contribution in [2.24, 2.45) is 0 Å². The average Bonchev–Trinajstić information content (AvgIpc) is 2.88. The van der Waals surface area contributed by atoms with Crippen LogP contribution in [0.1, 0.15) is 41.3 Å². The number of carbonyl (C=O) groups excluding carboxylic acids is 1. The molecular formula is C27H31ClN4O3S. The number of unbranched alkanes of at least 4 members (excludes halogenated alkanes) is 1. The molecule has 0 aliphatic carbocycles. The van der Waals surface area contributed by atoms with E-state index in [-0.39, 0.29) is 10.8 Å². The van der Waals surface area contributed by atoms with Gasteiger partial charge in [0.15, 0.2) is 0 Å². The molecule has 0 unspecified atom stereocenters. The Kier molecular flexibility index (Phi) is 8.16. The molecule has 3 aromatic rings. The summed E-state index contributed by atoms with van der Waals surface area (Å²) in [4.78, 5) is 21.4. The average molecular weight is 527 g/mol. The molecule has 0 atom stereocenters. The molecule has 2 aromatic carbocycles. The van der Waals surface area contributed by atoms with Crippen molar-refractivity contribution < 1.29 is 13.2 Å². The van der Waals surface area contributed by atoms with Gasteiger partial charge in [0.2, 0.25) is 0 Å². The molecule has 1 aromatic heterocycles. The maximum absolute atomic E-state index is 13.2. The summed E-state index contributed by atoms with van der Waals surface area (Å²) in [5, 5.41) is 0.593. The van der Waals surface area contributed by atoms with Crippen LogP contribution in [0, 0.1) is 6.92 Å². The normalized spacial score (nSPS) is 14.1. The monoisotopic (exact) mass is 526 g/mol. The van der Waals surface area contributed by atoms with Gasteiger partial charge in [-0.25, -0.2) is 13.4 Å². The molecule has 1 saturated heterocycles. The molecule has 7 nitrogen and oxygen atoms in total. The highest BCUT2D eigenvalue weighted by Crippen LogP contribution is 2.25. The van der Waals surface area contributed by atoms with Crippen molar-refractivity contribution in [2.45, 2.75) is 38.0 Å². The fraction of sp³-hybridized carbons (Fsp3) is 0.333. The molecule has 1 aliphatic heterocycles. The summed E-state index contributed by atoms with van der Waals surface area (Å²) in [7, 11) is -3.83. The molecule has 9 heteroatoms. The number of nitrogens with one attached hydrogen (secondary N) is 1. The minimum atomic E-state index is -3.83. The Hall–Kier alpha value is -3.10. The van der Waals surface area contributed by atoms with Gasteiger partial charge in [-0.05, 0) is 67.3 Å². The first-order valence-corrected chi connectivity index (χ1v) is 14.0. The minimum absolute atomic E-state index is 0.0534. The number of nitrogens with zero attached hydrogens (tertiary/aromatic N) is 3. The molecular weight excluding hydrogens is 496 g/mol. The Morgan fingerprint density at radius 3 is 2.44 bits per heavy atom. The minimum Gasteiger partial charge on any atom is -0.352 e. The van der Waals surface area contributed by atoms with Gasteiger partial charge in [-0.2, -0.15) is 0 Å². The topological polar surface area (TPSA) is 82.6 Å². The Balaban J connectivity index is 1.41. The van der Waals surface area contributed by atoms with E-state index in [1.807, 2.05) is 25.1 Å². The van der Waals surface area contributed by atoms with Gasteiger partial charge in [0.25, 0.3) is 15.9 Å². The number of hydrogen-bond donors (Lipinski definition) is 1. The molecule has 36 heavy (non-hydrogen) atoms. The van der Waals surface area contributed by atoms with E-state index in [1.165, 1.54) is 17.7 Å². The van der Waals surface area contributed by atoms with Crippen LogP contribution in [0.4, 0.5) is 11.5 Å². The van der Waals surface area contributed by atoms with Crippen LogP contribution in [0.3, 0.4) is 0 Å². The second kappa shape index (κ2) is 11.3. The molecule has 0 saturated carbocycles. The third-order valence-corrected chi connectivity index (χ3v) is 7.90. The lowest BCUT2D eigenvalue weighted by Crippen LogP contribution is -2.49. The first-order chi connectivity index (χ1) is 17.3. The maximum Gasteiger partial charge on any atom is 0.261 e. The fourth-order valence-corrected chi connectivity index (χ4v) is 5.64. The van der Waals surface area contributed by atoms with E-state index in [0.29, 0.717) is 48.3 Å². The van der Waals surface area contributed by atoms with Gasteiger partial charge in [-0.15, -0.1) is 0 Å². The summed E-state index contributed by atoms with van der Waals surface area (Å²) in [5.41, 5.74) is 3.00. The van der Waals surface area contributed by atoms with Crippen LogP contribution in [-0.2, 0) is 16.4 Å². The van der Waals surface area contributed by atoms with Crippen LogP contribution in [0.5, 0.6) is 0 Å². The standard InChI is InChI=1S/C27H31ClN4O3S/c1-3-4-6-21-9-11-23(12-10-21)30-36(34,35)24-8-5-7-22(18-24)27(33)32-15-13-31(14-16-32)26-25(28)17-20(2)19-29-26/h5,7-12,17-19,30H,3-4,6,13-16H2,1-2H3. The molecule has 0 spiro atoms. The van der Waals surface area contributed by atoms with Crippen LogP contribution in [0.2, 0.25) is 5.02 Å². The van der Waals surface area contributed by atoms with Gasteiger partial charge in [0, 0.05) is 43.6 Å². The van der Waals surface area contributed by atoms with E-state index in [9.17, 15) is 13.2 Å². The summed E-state index contributed by atoms with van der Waals surface area (Å²) in [5.74, 6) is 0.516. The lowest BCUT2D eigenvalue weighted by atomic mass is 10.1. The van der Waals surface area contributed by atoms with Crippen LogP contribution in [0.15, 0.2) is 65.7 Å². The van der Waals surface area contributed by atoms with E-state index >= 15 is 0 Å². The van der Waals surface area contributed by atoms with Gasteiger partial charge in [-0.1, -0.05) is 43.1 Å². The SMILES string of the molecule is CCCCc1ccc(NS(=O)(=O)c2cccc(C(=O)N3CCN(c4ncc(C)cc4Cl)CC3)c2)cc1. The Labute approximate surface area is 218 Å². The number of benzene rings is 2. The van der Waals surface area contributed by atoms with Crippen molar-refractivity contribution in [3.05, 3.63) is 82.5 Å². The number of aromatic nitrogens is 1. The number of anilines is 2. The summed E-state index contributed by atoms with van der Waals surface area (Å²) in [6, 6.07) is 15.5. The highest BCUT2D eigenvalue weighted by molar-refractivity contribution is 7.92. The van der Waals surface area contributed by atoms with Crippen molar-refractivity contribution in [3.8, 4) is 0 Å². The zero-order valence-corrected chi connectivity index (χ0v) is 22.1. The van der Waals surface area contributed by atoms with Gasteiger partial charge < -0.3 is 9.80 Å². The predicted octanol–water partition coefficient (Wildman–Crippen LogP) is 5.15. The summed E-state index contributed by atoms with van der Waals surface area (Å²) in [6.45, 7) is 6.24. The number of piperazine rings is 1.